The predicted octanol–water partition coefficient (Wildman–Crippen LogP) is 3.44. The van der Waals surface area contributed by atoms with Crippen LogP contribution in [0.4, 0.5) is 0 Å². The average Bonchev–Trinajstić information content (AvgIpc) is 3.02. The number of phenolic OH excluding ortho intramolecular Hbond substituents is 1. The van der Waals surface area contributed by atoms with Gasteiger partial charge in [-0.15, -0.1) is 0 Å². The zero-order valence-electron chi connectivity index (χ0n) is 15.2. The minimum Gasteiger partial charge on any atom is -0.508 e. The number of aliphatic hydroxyl groups excluding tert-OH is 1. The van der Waals surface area contributed by atoms with Gasteiger partial charge in [-0.1, -0.05) is 37.3 Å². The van der Waals surface area contributed by atoms with Crippen molar-refractivity contribution in [2.45, 2.75) is 26.5 Å². The first-order valence-corrected chi connectivity index (χ1v) is 8.86. The highest BCUT2D eigenvalue weighted by atomic mass is 16.3. The second-order valence-corrected chi connectivity index (χ2v) is 6.46. The molecule has 5 nitrogen and oxygen atoms in total. The molecule has 0 saturated heterocycles. The maximum Gasteiger partial charge on any atom is 0.115 e. The van der Waals surface area contributed by atoms with Crippen molar-refractivity contribution in [1.29, 1.82) is 0 Å². The summed E-state index contributed by atoms with van der Waals surface area (Å²) in [5, 5.41) is 24.7. The van der Waals surface area contributed by atoms with Gasteiger partial charge in [-0.05, 0) is 43.3 Å². The highest BCUT2D eigenvalue weighted by molar-refractivity contribution is 5.32. The van der Waals surface area contributed by atoms with E-state index in [2.05, 4.69) is 16.9 Å². The SMILES string of the molecule is CCN(Cc1cn(-c2ccccc2)nc1C)C[C@H](O)c1cccc(O)c1. The zero-order valence-corrected chi connectivity index (χ0v) is 15.2. The number of phenols is 1. The van der Waals surface area contributed by atoms with Crippen LogP contribution in [0.2, 0.25) is 0 Å². The molecule has 0 bridgehead atoms. The highest BCUT2D eigenvalue weighted by Gasteiger charge is 2.16. The summed E-state index contributed by atoms with van der Waals surface area (Å²) in [4.78, 5) is 2.17. The largest absolute Gasteiger partial charge is 0.508 e. The molecule has 2 aromatic carbocycles. The van der Waals surface area contributed by atoms with Gasteiger partial charge in [0.1, 0.15) is 5.75 Å². The van der Waals surface area contributed by atoms with Gasteiger partial charge >= 0.3 is 0 Å². The van der Waals surface area contributed by atoms with Crippen molar-refractivity contribution >= 4 is 0 Å². The number of likely N-dealkylation sites (N-methyl/N-ethyl adjacent to an activating group) is 1. The van der Waals surface area contributed by atoms with E-state index in [0.29, 0.717) is 13.1 Å². The Hall–Kier alpha value is -2.63. The molecule has 0 fully saturated rings. The summed E-state index contributed by atoms with van der Waals surface area (Å²) >= 11 is 0. The molecule has 3 rings (SSSR count). The van der Waals surface area contributed by atoms with Gasteiger partial charge in [0.15, 0.2) is 0 Å². The number of aryl methyl sites for hydroxylation is 1. The first-order valence-electron chi connectivity index (χ1n) is 8.86. The molecule has 3 aromatic rings. The number of nitrogens with zero attached hydrogens (tertiary/aromatic N) is 3. The molecule has 0 radical (unpaired) electrons. The summed E-state index contributed by atoms with van der Waals surface area (Å²) in [5.41, 5.74) is 3.88. The maximum atomic E-state index is 10.5. The van der Waals surface area contributed by atoms with Crippen molar-refractivity contribution in [2.75, 3.05) is 13.1 Å². The number of benzene rings is 2. The molecule has 0 unspecified atom stereocenters. The molecule has 0 saturated carbocycles. The number of aliphatic hydroxyl groups is 1. The lowest BCUT2D eigenvalue weighted by atomic mass is 10.1. The van der Waals surface area contributed by atoms with Gasteiger partial charge in [-0.2, -0.15) is 5.10 Å². The number of hydrogen-bond acceptors (Lipinski definition) is 4. The fraction of sp³-hybridized carbons (Fsp3) is 0.286. The van der Waals surface area contributed by atoms with Gasteiger partial charge in [-0.3, -0.25) is 4.90 Å². The Kier molecular flexibility index (Phi) is 5.71. The van der Waals surface area contributed by atoms with E-state index in [0.717, 1.165) is 29.1 Å². The molecule has 0 amide bonds. The van der Waals surface area contributed by atoms with E-state index >= 15 is 0 Å². The van der Waals surface area contributed by atoms with Crippen LogP contribution in [0.15, 0.2) is 60.8 Å². The van der Waals surface area contributed by atoms with Crippen LogP contribution >= 0.6 is 0 Å². The summed E-state index contributed by atoms with van der Waals surface area (Å²) in [6, 6.07) is 16.8. The van der Waals surface area contributed by atoms with Crippen LogP contribution < -0.4 is 0 Å². The second-order valence-electron chi connectivity index (χ2n) is 6.46. The summed E-state index contributed by atoms with van der Waals surface area (Å²) in [5.74, 6) is 0.171. The summed E-state index contributed by atoms with van der Waals surface area (Å²) in [7, 11) is 0. The topological polar surface area (TPSA) is 61.5 Å². The Balaban J connectivity index is 1.71. The molecule has 1 atom stereocenters. The number of hydrogen-bond donors (Lipinski definition) is 2. The Morgan fingerprint density at radius 1 is 1.12 bits per heavy atom. The van der Waals surface area contributed by atoms with Crippen LogP contribution in [0.25, 0.3) is 5.69 Å². The van der Waals surface area contributed by atoms with Gasteiger partial charge in [0.2, 0.25) is 0 Å². The minimum atomic E-state index is -0.647. The van der Waals surface area contributed by atoms with Crippen LogP contribution in [0.1, 0.15) is 29.8 Å². The van der Waals surface area contributed by atoms with Crippen LogP contribution in [-0.4, -0.2) is 38.0 Å². The first kappa shape index (κ1) is 18.2. The van der Waals surface area contributed by atoms with Crippen LogP contribution in [0.3, 0.4) is 0 Å². The van der Waals surface area contributed by atoms with Crippen LogP contribution in [0, 0.1) is 6.92 Å². The van der Waals surface area contributed by atoms with Crippen molar-refractivity contribution in [2.24, 2.45) is 0 Å². The number of aromatic hydroxyl groups is 1. The third kappa shape index (κ3) is 4.31. The maximum absolute atomic E-state index is 10.5. The van der Waals surface area contributed by atoms with Gasteiger partial charge in [0.25, 0.3) is 0 Å². The lowest BCUT2D eigenvalue weighted by molar-refractivity contribution is 0.112. The van der Waals surface area contributed by atoms with E-state index < -0.39 is 6.10 Å². The number of aromatic nitrogens is 2. The molecule has 1 aromatic heterocycles. The molecule has 5 heteroatoms. The lowest BCUT2D eigenvalue weighted by Gasteiger charge is -2.23. The van der Waals surface area contributed by atoms with Gasteiger partial charge in [-0.25, -0.2) is 4.68 Å². The van der Waals surface area contributed by atoms with Crippen molar-refractivity contribution in [3.05, 3.63) is 77.6 Å². The molecule has 0 aliphatic carbocycles. The van der Waals surface area contributed by atoms with Crippen molar-refractivity contribution in [3.63, 3.8) is 0 Å². The number of rotatable bonds is 7. The van der Waals surface area contributed by atoms with Gasteiger partial charge in [0, 0.05) is 24.8 Å². The predicted molar refractivity (Wildman–Crippen MR) is 102 cm³/mol. The van der Waals surface area contributed by atoms with Gasteiger partial charge < -0.3 is 10.2 Å². The standard InChI is InChI=1S/C21H25N3O2/c1-3-23(15-21(26)17-8-7-11-20(25)12-17)13-18-14-24(22-16(18)2)19-9-5-4-6-10-19/h4-12,14,21,25-26H,3,13,15H2,1-2H3/t21-/m0/s1. The fourth-order valence-corrected chi connectivity index (χ4v) is 2.99. The quantitative estimate of drug-likeness (QED) is 0.684. The molecule has 136 valence electrons. The average molecular weight is 351 g/mol. The Morgan fingerprint density at radius 2 is 1.88 bits per heavy atom. The minimum absolute atomic E-state index is 0.171. The van der Waals surface area contributed by atoms with E-state index in [1.165, 1.54) is 0 Å². The molecule has 0 spiro atoms. The Morgan fingerprint density at radius 3 is 2.58 bits per heavy atom. The highest BCUT2D eigenvalue weighted by Crippen LogP contribution is 2.20. The Bertz CT molecular complexity index is 845. The second kappa shape index (κ2) is 8.17. The zero-order chi connectivity index (χ0) is 18.5. The molecule has 2 N–H and O–H groups in total. The summed E-state index contributed by atoms with van der Waals surface area (Å²) in [6.07, 6.45) is 1.40. The smallest absolute Gasteiger partial charge is 0.115 e. The number of para-hydroxylation sites is 1. The monoisotopic (exact) mass is 351 g/mol. The molecular formula is C21H25N3O2. The third-order valence-corrected chi connectivity index (χ3v) is 4.55. The normalized spacial score (nSPS) is 12.5. The molecule has 1 heterocycles. The van der Waals surface area contributed by atoms with Crippen LogP contribution in [-0.2, 0) is 6.54 Å². The van der Waals surface area contributed by atoms with E-state index in [1.54, 1.807) is 18.2 Å². The molecular weight excluding hydrogens is 326 g/mol. The van der Waals surface area contributed by atoms with E-state index in [4.69, 9.17) is 0 Å². The third-order valence-electron chi connectivity index (χ3n) is 4.55. The van der Waals surface area contributed by atoms with Crippen molar-refractivity contribution < 1.29 is 10.2 Å². The van der Waals surface area contributed by atoms with Crippen molar-refractivity contribution in [3.8, 4) is 11.4 Å². The van der Waals surface area contributed by atoms with E-state index in [1.807, 2.05) is 54.2 Å². The first-order chi connectivity index (χ1) is 12.6. The molecule has 26 heavy (non-hydrogen) atoms. The van der Waals surface area contributed by atoms with Gasteiger partial charge in [0.05, 0.1) is 17.5 Å². The van der Waals surface area contributed by atoms with E-state index in [9.17, 15) is 10.2 Å². The fourth-order valence-electron chi connectivity index (χ4n) is 2.99. The van der Waals surface area contributed by atoms with Crippen LogP contribution in [0.5, 0.6) is 5.75 Å². The summed E-state index contributed by atoms with van der Waals surface area (Å²) < 4.78 is 1.89. The molecule has 0 aliphatic rings. The van der Waals surface area contributed by atoms with Crippen molar-refractivity contribution in [1.82, 2.24) is 14.7 Å². The lowest BCUT2D eigenvalue weighted by Crippen LogP contribution is -2.28. The van der Waals surface area contributed by atoms with E-state index in [-0.39, 0.29) is 5.75 Å². The summed E-state index contributed by atoms with van der Waals surface area (Å²) in [6.45, 7) is 6.10. The molecule has 0 aliphatic heterocycles. The Labute approximate surface area is 154 Å².